The van der Waals surface area contributed by atoms with Crippen LogP contribution in [0.4, 0.5) is 5.69 Å². The molecule has 6 heteroatoms. The standard InChI is InChI=1S/C21H24N2O4/c1-13-4-9-16-17(10-13)19(25)23(18(16)24)15-7-5-14(6-8-15)11-22-20(26)21(2,3)12-27-22/h4-8,16-17H,9-12H2,1-3H3. The molecule has 27 heavy (non-hydrogen) atoms. The highest BCUT2D eigenvalue weighted by atomic mass is 16.7. The van der Waals surface area contributed by atoms with E-state index in [1.165, 1.54) is 15.5 Å². The zero-order chi connectivity index (χ0) is 19.3. The molecular weight excluding hydrogens is 344 g/mol. The Hall–Kier alpha value is -2.47. The molecule has 0 spiro atoms. The molecule has 2 saturated heterocycles. The van der Waals surface area contributed by atoms with E-state index in [0.29, 0.717) is 31.7 Å². The van der Waals surface area contributed by atoms with Gasteiger partial charge in [-0.25, -0.2) is 5.06 Å². The monoisotopic (exact) mass is 368 g/mol. The van der Waals surface area contributed by atoms with Crippen molar-refractivity contribution >= 4 is 23.4 Å². The number of nitrogens with zero attached hydrogens (tertiary/aromatic N) is 2. The van der Waals surface area contributed by atoms with Crippen molar-refractivity contribution in [1.29, 1.82) is 0 Å². The summed E-state index contributed by atoms with van der Waals surface area (Å²) in [5.41, 5.74) is 2.15. The minimum Gasteiger partial charge on any atom is -0.274 e. The number of imide groups is 1. The van der Waals surface area contributed by atoms with Crippen molar-refractivity contribution in [3.8, 4) is 0 Å². The lowest BCUT2D eigenvalue weighted by molar-refractivity contribution is -0.165. The number of allylic oxidation sites excluding steroid dienone is 2. The van der Waals surface area contributed by atoms with Crippen LogP contribution in [0.25, 0.3) is 0 Å². The number of hydrogen-bond acceptors (Lipinski definition) is 4. The highest BCUT2D eigenvalue weighted by Crippen LogP contribution is 2.39. The van der Waals surface area contributed by atoms with Crippen LogP contribution in [0.3, 0.4) is 0 Å². The van der Waals surface area contributed by atoms with Gasteiger partial charge in [0, 0.05) is 0 Å². The number of fused-ring (bicyclic) bond motifs is 1. The van der Waals surface area contributed by atoms with Crippen LogP contribution in [0.1, 0.15) is 39.2 Å². The Morgan fingerprint density at radius 2 is 1.74 bits per heavy atom. The Bertz CT molecular complexity index is 840. The van der Waals surface area contributed by atoms with Gasteiger partial charge >= 0.3 is 0 Å². The van der Waals surface area contributed by atoms with Crippen LogP contribution in [-0.2, 0) is 25.8 Å². The minimum absolute atomic E-state index is 0.0385. The molecule has 0 saturated carbocycles. The van der Waals surface area contributed by atoms with Crippen molar-refractivity contribution in [2.75, 3.05) is 11.5 Å². The highest BCUT2D eigenvalue weighted by molar-refractivity contribution is 6.22. The first-order valence-electron chi connectivity index (χ1n) is 9.35. The van der Waals surface area contributed by atoms with Crippen molar-refractivity contribution < 1.29 is 19.2 Å². The predicted molar refractivity (Wildman–Crippen MR) is 99.2 cm³/mol. The van der Waals surface area contributed by atoms with Crippen LogP contribution >= 0.6 is 0 Å². The fourth-order valence-electron chi connectivity index (χ4n) is 4.02. The van der Waals surface area contributed by atoms with Crippen LogP contribution in [-0.4, -0.2) is 29.4 Å². The van der Waals surface area contributed by atoms with Crippen molar-refractivity contribution in [3.05, 3.63) is 41.5 Å². The summed E-state index contributed by atoms with van der Waals surface area (Å²) >= 11 is 0. The quantitative estimate of drug-likeness (QED) is 0.608. The summed E-state index contributed by atoms with van der Waals surface area (Å²) in [7, 11) is 0. The summed E-state index contributed by atoms with van der Waals surface area (Å²) < 4.78 is 0. The van der Waals surface area contributed by atoms with E-state index in [2.05, 4.69) is 6.08 Å². The van der Waals surface area contributed by atoms with Crippen LogP contribution in [0.15, 0.2) is 35.9 Å². The second kappa shape index (κ2) is 6.30. The molecule has 142 valence electrons. The van der Waals surface area contributed by atoms with Gasteiger partial charge in [-0.3, -0.25) is 24.1 Å². The number of anilines is 1. The van der Waals surface area contributed by atoms with Gasteiger partial charge < -0.3 is 0 Å². The van der Waals surface area contributed by atoms with E-state index in [1.54, 1.807) is 12.1 Å². The first kappa shape index (κ1) is 17.9. The van der Waals surface area contributed by atoms with Gasteiger partial charge in [0.2, 0.25) is 11.8 Å². The van der Waals surface area contributed by atoms with Gasteiger partial charge in [0.1, 0.15) is 0 Å². The van der Waals surface area contributed by atoms with Gasteiger partial charge in [-0.1, -0.05) is 23.8 Å². The van der Waals surface area contributed by atoms with Gasteiger partial charge in [0.15, 0.2) is 0 Å². The van der Waals surface area contributed by atoms with E-state index in [1.807, 2.05) is 32.9 Å². The molecule has 4 rings (SSSR count). The fourth-order valence-corrected chi connectivity index (χ4v) is 4.02. The SMILES string of the molecule is CC1=CCC2C(=O)N(c3ccc(CN4OCC(C)(C)C4=O)cc3)C(=O)C2C1. The minimum atomic E-state index is -0.503. The largest absolute Gasteiger partial charge is 0.274 e. The molecule has 0 aromatic heterocycles. The Kier molecular flexibility index (Phi) is 4.18. The summed E-state index contributed by atoms with van der Waals surface area (Å²) in [6, 6.07) is 7.22. The Morgan fingerprint density at radius 3 is 2.37 bits per heavy atom. The number of amides is 3. The maximum absolute atomic E-state index is 12.8. The Morgan fingerprint density at radius 1 is 1.07 bits per heavy atom. The lowest BCUT2D eigenvalue weighted by atomic mass is 9.82. The van der Waals surface area contributed by atoms with E-state index in [-0.39, 0.29) is 29.6 Å². The Labute approximate surface area is 158 Å². The highest BCUT2D eigenvalue weighted by Gasteiger charge is 2.48. The molecule has 6 nitrogen and oxygen atoms in total. The fraction of sp³-hybridized carbons (Fsp3) is 0.476. The van der Waals surface area contributed by atoms with Crippen molar-refractivity contribution in [2.24, 2.45) is 17.3 Å². The molecule has 1 aliphatic carbocycles. The van der Waals surface area contributed by atoms with Crippen molar-refractivity contribution in [1.82, 2.24) is 5.06 Å². The van der Waals surface area contributed by atoms with Crippen LogP contribution in [0.2, 0.25) is 0 Å². The summed E-state index contributed by atoms with van der Waals surface area (Å²) in [6.45, 7) is 6.45. The third-order valence-corrected chi connectivity index (χ3v) is 5.73. The molecule has 2 fully saturated rings. The maximum Gasteiger partial charge on any atom is 0.254 e. The maximum atomic E-state index is 12.8. The molecule has 3 amide bonds. The number of hydroxylamine groups is 2. The molecule has 2 aliphatic heterocycles. The number of hydrogen-bond donors (Lipinski definition) is 0. The molecule has 2 unspecified atom stereocenters. The lowest BCUT2D eigenvalue weighted by Gasteiger charge is -2.19. The summed E-state index contributed by atoms with van der Waals surface area (Å²) in [4.78, 5) is 44.6. The van der Waals surface area contributed by atoms with Crippen molar-refractivity contribution in [2.45, 2.75) is 40.2 Å². The number of carbonyl (C=O) groups is 3. The Balaban J connectivity index is 1.49. The molecule has 2 atom stereocenters. The smallest absolute Gasteiger partial charge is 0.254 e. The zero-order valence-corrected chi connectivity index (χ0v) is 15.9. The third-order valence-electron chi connectivity index (χ3n) is 5.73. The average molecular weight is 368 g/mol. The molecule has 1 aromatic rings. The van der Waals surface area contributed by atoms with Gasteiger partial charge in [-0.15, -0.1) is 0 Å². The number of rotatable bonds is 3. The van der Waals surface area contributed by atoms with Crippen LogP contribution in [0, 0.1) is 17.3 Å². The summed E-state index contributed by atoms with van der Waals surface area (Å²) in [5.74, 6) is -0.728. The second-order valence-corrected chi connectivity index (χ2v) is 8.38. The average Bonchev–Trinajstić information content (AvgIpc) is 3.03. The topological polar surface area (TPSA) is 66.9 Å². The molecule has 2 heterocycles. The molecule has 0 radical (unpaired) electrons. The molecule has 0 N–H and O–H groups in total. The predicted octanol–water partition coefficient (Wildman–Crippen LogP) is 2.83. The lowest BCUT2D eigenvalue weighted by Crippen LogP contribution is -2.31. The van der Waals surface area contributed by atoms with E-state index in [4.69, 9.17) is 4.84 Å². The van der Waals surface area contributed by atoms with Crippen molar-refractivity contribution in [3.63, 3.8) is 0 Å². The van der Waals surface area contributed by atoms with E-state index in [0.717, 1.165) is 5.56 Å². The van der Waals surface area contributed by atoms with Crippen LogP contribution < -0.4 is 4.90 Å². The first-order valence-corrected chi connectivity index (χ1v) is 9.35. The number of carbonyl (C=O) groups excluding carboxylic acids is 3. The number of benzene rings is 1. The van der Waals surface area contributed by atoms with E-state index < -0.39 is 5.41 Å². The first-order chi connectivity index (χ1) is 12.8. The van der Waals surface area contributed by atoms with Gasteiger partial charge in [-0.05, 0) is 51.3 Å². The summed E-state index contributed by atoms with van der Waals surface area (Å²) in [5, 5.41) is 1.38. The molecular formula is C21H24N2O4. The van der Waals surface area contributed by atoms with Gasteiger partial charge in [0.05, 0.1) is 36.1 Å². The molecule has 1 aromatic carbocycles. The van der Waals surface area contributed by atoms with E-state index in [9.17, 15) is 14.4 Å². The molecule has 0 bridgehead atoms. The van der Waals surface area contributed by atoms with Gasteiger partial charge in [-0.2, -0.15) is 0 Å². The zero-order valence-electron chi connectivity index (χ0n) is 15.9. The molecule has 3 aliphatic rings. The van der Waals surface area contributed by atoms with E-state index >= 15 is 0 Å². The van der Waals surface area contributed by atoms with Gasteiger partial charge in [0.25, 0.3) is 5.91 Å². The third kappa shape index (κ3) is 2.98. The van der Waals surface area contributed by atoms with Crippen LogP contribution in [0.5, 0.6) is 0 Å². The summed E-state index contributed by atoms with van der Waals surface area (Å²) in [6.07, 6.45) is 3.36. The second-order valence-electron chi connectivity index (χ2n) is 8.38. The normalized spacial score (nSPS) is 27.2.